The molecule has 0 N–H and O–H groups in total. The standard InChI is InChI=1S/C12H15NO2/c1-12(2,3)9-11(13(14)15)10-7-5-4-6-8-10/h4-9H,1-3H3/b11-9+. The molecular formula is C12H15NO2. The smallest absolute Gasteiger partial charge is 0.258 e. The van der Waals surface area contributed by atoms with E-state index in [4.69, 9.17) is 0 Å². The summed E-state index contributed by atoms with van der Waals surface area (Å²) in [6.07, 6.45) is 1.68. The fraction of sp³-hybridized carbons (Fsp3) is 0.333. The molecule has 15 heavy (non-hydrogen) atoms. The zero-order chi connectivity index (χ0) is 11.5. The first-order valence-corrected chi connectivity index (χ1v) is 4.83. The maximum absolute atomic E-state index is 10.9. The molecule has 0 saturated heterocycles. The Bertz CT molecular complexity index is 374. The summed E-state index contributed by atoms with van der Waals surface area (Å²) in [5.74, 6) is 0. The number of rotatable bonds is 2. The van der Waals surface area contributed by atoms with Crippen LogP contribution in [0.3, 0.4) is 0 Å². The molecule has 0 atom stereocenters. The van der Waals surface area contributed by atoms with Crippen LogP contribution in [0.4, 0.5) is 0 Å². The predicted octanol–water partition coefficient (Wildman–Crippen LogP) is 3.35. The SMILES string of the molecule is CC(C)(C)/C=C(\c1ccccc1)[N+](=O)[O-]. The van der Waals surface area contributed by atoms with Crippen LogP contribution in [0.2, 0.25) is 0 Å². The van der Waals surface area contributed by atoms with Gasteiger partial charge in [0.1, 0.15) is 0 Å². The van der Waals surface area contributed by atoms with Crippen LogP contribution in [0.1, 0.15) is 26.3 Å². The van der Waals surface area contributed by atoms with E-state index in [1.165, 1.54) is 0 Å². The van der Waals surface area contributed by atoms with Crippen molar-refractivity contribution in [2.45, 2.75) is 20.8 Å². The van der Waals surface area contributed by atoms with Gasteiger partial charge in [0, 0.05) is 0 Å². The molecule has 0 aliphatic rings. The topological polar surface area (TPSA) is 43.1 Å². The molecule has 0 aromatic heterocycles. The Morgan fingerprint density at radius 1 is 1.27 bits per heavy atom. The predicted molar refractivity (Wildman–Crippen MR) is 60.9 cm³/mol. The van der Waals surface area contributed by atoms with E-state index in [1.807, 2.05) is 26.8 Å². The molecule has 1 aromatic carbocycles. The fourth-order valence-corrected chi connectivity index (χ4v) is 1.26. The van der Waals surface area contributed by atoms with Crippen LogP contribution in [0.25, 0.3) is 5.70 Å². The molecule has 0 aliphatic carbocycles. The summed E-state index contributed by atoms with van der Waals surface area (Å²) >= 11 is 0. The van der Waals surface area contributed by atoms with Gasteiger partial charge in [-0.3, -0.25) is 10.1 Å². The van der Waals surface area contributed by atoms with Crippen molar-refractivity contribution in [3.05, 3.63) is 52.1 Å². The van der Waals surface area contributed by atoms with Crippen molar-refractivity contribution in [1.82, 2.24) is 0 Å². The minimum absolute atomic E-state index is 0.170. The second kappa shape index (κ2) is 4.26. The largest absolute Gasteiger partial charge is 0.273 e. The van der Waals surface area contributed by atoms with E-state index in [0.29, 0.717) is 5.56 Å². The Morgan fingerprint density at radius 2 is 1.80 bits per heavy atom. The van der Waals surface area contributed by atoms with Gasteiger partial charge >= 0.3 is 0 Å². The Kier molecular flexibility index (Phi) is 3.24. The normalized spacial score (nSPS) is 12.6. The first-order valence-electron chi connectivity index (χ1n) is 4.83. The average molecular weight is 205 g/mol. The molecule has 0 amide bonds. The Labute approximate surface area is 89.6 Å². The lowest BCUT2D eigenvalue weighted by atomic mass is 9.94. The monoisotopic (exact) mass is 205 g/mol. The van der Waals surface area contributed by atoms with Crippen molar-refractivity contribution in [2.75, 3.05) is 0 Å². The van der Waals surface area contributed by atoms with Gasteiger partial charge < -0.3 is 0 Å². The third kappa shape index (κ3) is 3.54. The van der Waals surface area contributed by atoms with E-state index in [9.17, 15) is 10.1 Å². The molecule has 0 spiro atoms. The highest BCUT2D eigenvalue weighted by Gasteiger charge is 2.18. The van der Waals surface area contributed by atoms with E-state index in [2.05, 4.69) is 0 Å². The van der Waals surface area contributed by atoms with Crippen molar-refractivity contribution < 1.29 is 4.92 Å². The van der Waals surface area contributed by atoms with Gasteiger partial charge in [-0.1, -0.05) is 39.0 Å². The Hall–Kier alpha value is -1.64. The lowest BCUT2D eigenvalue weighted by Crippen LogP contribution is -2.06. The number of nitro groups is 1. The lowest BCUT2D eigenvalue weighted by molar-refractivity contribution is -0.376. The molecule has 1 rings (SSSR count). The van der Waals surface area contributed by atoms with Gasteiger partial charge in [0.2, 0.25) is 0 Å². The number of nitrogens with zero attached hydrogens (tertiary/aromatic N) is 1. The van der Waals surface area contributed by atoms with Crippen molar-refractivity contribution in [1.29, 1.82) is 0 Å². The molecule has 0 radical (unpaired) electrons. The minimum Gasteiger partial charge on any atom is -0.258 e. The molecule has 0 heterocycles. The lowest BCUT2D eigenvalue weighted by Gasteiger charge is -2.11. The van der Waals surface area contributed by atoms with Crippen LogP contribution in [-0.2, 0) is 0 Å². The summed E-state index contributed by atoms with van der Waals surface area (Å²) in [5.41, 5.74) is 0.624. The van der Waals surface area contributed by atoms with Gasteiger partial charge in [0.25, 0.3) is 5.70 Å². The highest BCUT2D eigenvalue weighted by atomic mass is 16.6. The Morgan fingerprint density at radius 3 is 2.20 bits per heavy atom. The summed E-state index contributed by atoms with van der Waals surface area (Å²) in [5, 5.41) is 10.9. The number of hydrogen-bond acceptors (Lipinski definition) is 2. The van der Waals surface area contributed by atoms with Crippen molar-refractivity contribution in [3.63, 3.8) is 0 Å². The molecule has 3 nitrogen and oxygen atoms in total. The molecular weight excluding hydrogens is 190 g/mol. The molecule has 3 heteroatoms. The van der Waals surface area contributed by atoms with Crippen LogP contribution in [0, 0.1) is 15.5 Å². The Balaban J connectivity index is 3.16. The van der Waals surface area contributed by atoms with Crippen LogP contribution in [0.5, 0.6) is 0 Å². The van der Waals surface area contributed by atoms with Gasteiger partial charge in [-0.05, 0) is 23.6 Å². The fourth-order valence-electron chi connectivity index (χ4n) is 1.26. The van der Waals surface area contributed by atoms with Crippen molar-refractivity contribution in [2.24, 2.45) is 5.41 Å². The van der Waals surface area contributed by atoms with Crippen LogP contribution >= 0.6 is 0 Å². The van der Waals surface area contributed by atoms with Crippen molar-refractivity contribution in [3.8, 4) is 0 Å². The molecule has 80 valence electrons. The summed E-state index contributed by atoms with van der Waals surface area (Å²) in [7, 11) is 0. The van der Waals surface area contributed by atoms with Gasteiger partial charge in [-0.25, -0.2) is 0 Å². The van der Waals surface area contributed by atoms with E-state index >= 15 is 0 Å². The molecule has 0 saturated carbocycles. The zero-order valence-electron chi connectivity index (χ0n) is 9.23. The van der Waals surface area contributed by atoms with Gasteiger partial charge in [-0.15, -0.1) is 0 Å². The van der Waals surface area contributed by atoms with E-state index in [1.54, 1.807) is 30.3 Å². The molecule has 0 bridgehead atoms. The third-order valence-electron chi connectivity index (χ3n) is 1.84. The summed E-state index contributed by atoms with van der Waals surface area (Å²) < 4.78 is 0. The number of benzene rings is 1. The highest BCUT2D eigenvalue weighted by molar-refractivity contribution is 5.58. The number of allylic oxidation sites excluding steroid dienone is 1. The molecule has 0 unspecified atom stereocenters. The molecule has 0 fully saturated rings. The maximum atomic E-state index is 10.9. The van der Waals surface area contributed by atoms with E-state index in [-0.39, 0.29) is 16.0 Å². The van der Waals surface area contributed by atoms with Crippen LogP contribution in [0.15, 0.2) is 36.4 Å². The minimum atomic E-state index is -0.333. The van der Waals surface area contributed by atoms with E-state index < -0.39 is 0 Å². The first kappa shape index (κ1) is 11.4. The average Bonchev–Trinajstić information content (AvgIpc) is 2.14. The number of hydrogen-bond donors (Lipinski definition) is 0. The maximum Gasteiger partial charge on any atom is 0.273 e. The third-order valence-corrected chi connectivity index (χ3v) is 1.84. The molecule has 1 aromatic rings. The summed E-state index contributed by atoms with van der Waals surface area (Å²) in [6, 6.07) is 8.95. The highest BCUT2D eigenvalue weighted by Crippen LogP contribution is 2.23. The summed E-state index contributed by atoms with van der Waals surface area (Å²) in [4.78, 5) is 10.6. The van der Waals surface area contributed by atoms with Crippen molar-refractivity contribution >= 4 is 5.70 Å². The van der Waals surface area contributed by atoms with Gasteiger partial charge in [-0.2, -0.15) is 0 Å². The second-order valence-corrected chi connectivity index (χ2v) is 4.52. The zero-order valence-corrected chi connectivity index (χ0v) is 9.23. The van der Waals surface area contributed by atoms with Crippen LogP contribution < -0.4 is 0 Å². The summed E-state index contributed by atoms with van der Waals surface area (Å²) in [6.45, 7) is 5.83. The van der Waals surface area contributed by atoms with E-state index in [0.717, 1.165) is 0 Å². The van der Waals surface area contributed by atoms with Gasteiger partial charge in [0.15, 0.2) is 0 Å². The molecule has 0 aliphatic heterocycles. The van der Waals surface area contributed by atoms with Crippen LogP contribution in [-0.4, -0.2) is 4.92 Å². The van der Waals surface area contributed by atoms with Gasteiger partial charge in [0.05, 0.1) is 10.5 Å². The quantitative estimate of drug-likeness (QED) is 0.549. The second-order valence-electron chi connectivity index (χ2n) is 4.52. The first-order chi connectivity index (χ1) is 6.90.